The molecule has 0 radical (unpaired) electrons. The van der Waals surface area contributed by atoms with Crippen molar-refractivity contribution in [2.45, 2.75) is 51.6 Å². The number of aryl methyl sites for hydroxylation is 1. The topological polar surface area (TPSA) is 15.3 Å². The van der Waals surface area contributed by atoms with Gasteiger partial charge in [0.05, 0.1) is 0 Å². The lowest BCUT2D eigenvalue weighted by Crippen LogP contribution is -2.57. The molecule has 0 amide bonds. The highest BCUT2D eigenvalue weighted by Crippen LogP contribution is 2.34. The van der Waals surface area contributed by atoms with Gasteiger partial charge >= 0.3 is 0 Å². The van der Waals surface area contributed by atoms with Crippen LogP contribution in [0.4, 0.5) is 0 Å². The summed E-state index contributed by atoms with van der Waals surface area (Å²) in [7, 11) is 0. The van der Waals surface area contributed by atoms with Gasteiger partial charge in [-0.25, -0.2) is 0 Å². The maximum Gasteiger partial charge on any atom is 0.0224 e. The number of nitrogens with one attached hydrogen (secondary N) is 1. The summed E-state index contributed by atoms with van der Waals surface area (Å²) < 4.78 is 0. The second-order valence-corrected chi connectivity index (χ2v) is 6.65. The van der Waals surface area contributed by atoms with E-state index < -0.39 is 0 Å². The number of benzene rings is 1. The van der Waals surface area contributed by atoms with Gasteiger partial charge < -0.3 is 5.32 Å². The van der Waals surface area contributed by atoms with Gasteiger partial charge in [0, 0.05) is 31.7 Å². The van der Waals surface area contributed by atoms with Gasteiger partial charge in [0.15, 0.2) is 0 Å². The van der Waals surface area contributed by atoms with Gasteiger partial charge in [-0.3, -0.25) is 4.90 Å². The molecule has 20 heavy (non-hydrogen) atoms. The maximum absolute atomic E-state index is 3.78. The van der Waals surface area contributed by atoms with Crippen molar-refractivity contribution in [1.29, 1.82) is 0 Å². The molecule has 0 aromatic heterocycles. The zero-order chi connectivity index (χ0) is 13.9. The van der Waals surface area contributed by atoms with E-state index in [2.05, 4.69) is 48.3 Å². The second kappa shape index (κ2) is 6.28. The fourth-order valence-electron chi connectivity index (χ4n) is 3.51. The molecule has 2 nitrogen and oxygen atoms in total. The Hall–Kier alpha value is -0.860. The predicted octanol–water partition coefficient (Wildman–Crippen LogP) is 3.00. The van der Waals surface area contributed by atoms with Gasteiger partial charge in [-0.05, 0) is 44.1 Å². The highest BCUT2D eigenvalue weighted by atomic mass is 15.2. The number of nitrogens with zero attached hydrogens (tertiary/aromatic N) is 1. The van der Waals surface area contributed by atoms with E-state index in [1.807, 2.05) is 0 Å². The molecule has 1 aromatic rings. The minimum Gasteiger partial charge on any atom is -0.311 e. The third kappa shape index (κ3) is 3.42. The molecule has 0 spiro atoms. The summed E-state index contributed by atoms with van der Waals surface area (Å²) in [6.45, 7) is 8.17. The Labute approximate surface area is 123 Å². The molecular formula is C18H28N2. The molecule has 2 heteroatoms. The van der Waals surface area contributed by atoms with Crippen LogP contribution in [0.5, 0.6) is 0 Å². The first-order valence-corrected chi connectivity index (χ1v) is 8.29. The smallest absolute Gasteiger partial charge is 0.0224 e. The normalized spacial score (nSPS) is 27.7. The number of piperazine rings is 1. The lowest BCUT2D eigenvalue weighted by Gasteiger charge is -2.40. The first-order valence-electron chi connectivity index (χ1n) is 8.29. The van der Waals surface area contributed by atoms with Crippen molar-refractivity contribution in [1.82, 2.24) is 10.2 Å². The van der Waals surface area contributed by atoms with Crippen LogP contribution in [0.2, 0.25) is 0 Å². The molecule has 2 atom stereocenters. The Morgan fingerprint density at radius 3 is 2.85 bits per heavy atom. The molecule has 1 aliphatic heterocycles. The van der Waals surface area contributed by atoms with Crippen molar-refractivity contribution in [2.75, 3.05) is 19.6 Å². The molecular weight excluding hydrogens is 244 g/mol. The fourth-order valence-corrected chi connectivity index (χ4v) is 3.51. The largest absolute Gasteiger partial charge is 0.311 e. The van der Waals surface area contributed by atoms with Crippen LogP contribution < -0.4 is 5.32 Å². The van der Waals surface area contributed by atoms with Gasteiger partial charge in [0.1, 0.15) is 0 Å². The zero-order valence-corrected chi connectivity index (χ0v) is 12.9. The minimum absolute atomic E-state index is 0.731. The quantitative estimate of drug-likeness (QED) is 0.886. The molecule has 1 saturated carbocycles. The van der Waals surface area contributed by atoms with E-state index >= 15 is 0 Å². The van der Waals surface area contributed by atoms with Crippen molar-refractivity contribution >= 4 is 0 Å². The van der Waals surface area contributed by atoms with Crippen LogP contribution in [0.25, 0.3) is 0 Å². The third-order valence-electron chi connectivity index (χ3n) is 5.00. The summed E-state index contributed by atoms with van der Waals surface area (Å²) in [4.78, 5) is 2.74. The van der Waals surface area contributed by atoms with Gasteiger partial charge in [-0.2, -0.15) is 0 Å². The lowest BCUT2D eigenvalue weighted by molar-refractivity contribution is 0.120. The maximum atomic E-state index is 3.78. The Bertz CT molecular complexity index is 439. The highest BCUT2D eigenvalue weighted by molar-refractivity contribution is 5.22. The summed E-state index contributed by atoms with van der Waals surface area (Å²) in [5.41, 5.74) is 2.87. The first-order chi connectivity index (χ1) is 9.76. The third-order valence-corrected chi connectivity index (χ3v) is 5.00. The van der Waals surface area contributed by atoms with Gasteiger partial charge in [-0.1, -0.05) is 36.8 Å². The van der Waals surface area contributed by atoms with Crippen LogP contribution >= 0.6 is 0 Å². The van der Waals surface area contributed by atoms with Gasteiger partial charge in [0.25, 0.3) is 0 Å². The minimum atomic E-state index is 0.731. The van der Waals surface area contributed by atoms with Crippen molar-refractivity contribution < 1.29 is 0 Å². The van der Waals surface area contributed by atoms with Crippen LogP contribution in [-0.4, -0.2) is 36.6 Å². The Kier molecular flexibility index (Phi) is 4.42. The standard InChI is InChI=1S/C18H28N2/c1-3-17-12-19-18(16-7-8-16)13-20(17)10-9-15-6-4-5-14(2)11-15/h4-6,11,16-19H,3,7-10,12-13H2,1-2H3. The van der Waals surface area contributed by atoms with E-state index in [1.54, 1.807) is 0 Å². The van der Waals surface area contributed by atoms with Crippen LogP contribution in [0.15, 0.2) is 24.3 Å². The van der Waals surface area contributed by atoms with Crippen LogP contribution in [0, 0.1) is 12.8 Å². The Morgan fingerprint density at radius 2 is 2.15 bits per heavy atom. The molecule has 1 saturated heterocycles. The van der Waals surface area contributed by atoms with E-state index in [4.69, 9.17) is 0 Å². The Balaban J connectivity index is 1.58. The van der Waals surface area contributed by atoms with Gasteiger partial charge in [0.2, 0.25) is 0 Å². The van der Waals surface area contributed by atoms with E-state index in [-0.39, 0.29) is 0 Å². The highest BCUT2D eigenvalue weighted by Gasteiger charge is 2.36. The molecule has 0 bridgehead atoms. The van der Waals surface area contributed by atoms with E-state index in [0.29, 0.717) is 0 Å². The average Bonchev–Trinajstić information content (AvgIpc) is 3.29. The van der Waals surface area contributed by atoms with Gasteiger partial charge in [-0.15, -0.1) is 0 Å². The molecule has 1 N–H and O–H groups in total. The summed E-state index contributed by atoms with van der Waals surface area (Å²) in [5.74, 6) is 0.967. The monoisotopic (exact) mass is 272 g/mol. The molecule has 1 aliphatic carbocycles. The predicted molar refractivity (Wildman–Crippen MR) is 85.0 cm³/mol. The second-order valence-electron chi connectivity index (χ2n) is 6.65. The molecule has 3 rings (SSSR count). The number of hydrogen-bond donors (Lipinski definition) is 1. The molecule has 2 aliphatic rings. The average molecular weight is 272 g/mol. The lowest BCUT2D eigenvalue weighted by atomic mass is 10.0. The Morgan fingerprint density at radius 1 is 1.30 bits per heavy atom. The van der Waals surface area contributed by atoms with E-state index in [1.165, 1.54) is 56.4 Å². The molecule has 1 aromatic carbocycles. The number of rotatable bonds is 5. The summed E-state index contributed by atoms with van der Waals surface area (Å²) >= 11 is 0. The number of hydrogen-bond acceptors (Lipinski definition) is 2. The summed E-state index contributed by atoms with van der Waals surface area (Å²) in [5, 5.41) is 3.78. The van der Waals surface area contributed by atoms with Crippen molar-refractivity contribution in [3.05, 3.63) is 35.4 Å². The van der Waals surface area contributed by atoms with E-state index in [0.717, 1.165) is 18.0 Å². The fraction of sp³-hybridized carbons (Fsp3) is 0.667. The first kappa shape index (κ1) is 14.1. The van der Waals surface area contributed by atoms with Crippen LogP contribution in [-0.2, 0) is 6.42 Å². The van der Waals surface area contributed by atoms with Crippen LogP contribution in [0.3, 0.4) is 0 Å². The van der Waals surface area contributed by atoms with Crippen LogP contribution in [0.1, 0.15) is 37.3 Å². The molecule has 2 unspecified atom stereocenters. The SMILES string of the molecule is CCC1CNC(C2CC2)CN1CCc1cccc(C)c1. The molecule has 1 heterocycles. The summed E-state index contributed by atoms with van der Waals surface area (Å²) in [6.07, 6.45) is 5.34. The van der Waals surface area contributed by atoms with Crippen molar-refractivity contribution in [3.63, 3.8) is 0 Å². The zero-order valence-electron chi connectivity index (χ0n) is 12.9. The molecule has 110 valence electrons. The van der Waals surface area contributed by atoms with Crippen molar-refractivity contribution in [2.24, 2.45) is 5.92 Å². The summed E-state index contributed by atoms with van der Waals surface area (Å²) in [6, 6.07) is 10.5. The molecule has 2 fully saturated rings. The van der Waals surface area contributed by atoms with E-state index in [9.17, 15) is 0 Å². The van der Waals surface area contributed by atoms with Crippen molar-refractivity contribution in [3.8, 4) is 0 Å².